The number of nitrogens with zero attached hydrogens (tertiary/aromatic N) is 3. The summed E-state index contributed by atoms with van der Waals surface area (Å²) < 4.78 is 2.17. The van der Waals surface area contributed by atoms with E-state index in [0.717, 1.165) is 11.1 Å². The monoisotopic (exact) mass is 403 g/mol. The molecule has 24 heavy (non-hydrogen) atoms. The van der Waals surface area contributed by atoms with Gasteiger partial charge in [0.05, 0.1) is 5.69 Å². The highest BCUT2D eigenvalue weighted by molar-refractivity contribution is 9.10. The van der Waals surface area contributed by atoms with Gasteiger partial charge in [0.2, 0.25) is 4.73 Å². The molecular weight excluding hydrogens is 390 g/mol. The Hall–Kier alpha value is -1.86. The molecule has 4 rings (SSSR count). The van der Waals surface area contributed by atoms with Crippen molar-refractivity contribution in [2.75, 3.05) is 0 Å². The summed E-state index contributed by atoms with van der Waals surface area (Å²) in [7, 11) is 0. The number of hydrogen-bond acceptors (Lipinski definition) is 4. The fourth-order valence-electron chi connectivity index (χ4n) is 3.04. The zero-order chi connectivity index (χ0) is 16.8. The maximum absolute atomic E-state index is 11.3. The van der Waals surface area contributed by atoms with Gasteiger partial charge in [-0.3, -0.25) is 9.36 Å². The van der Waals surface area contributed by atoms with Crippen LogP contribution in [0.1, 0.15) is 35.4 Å². The van der Waals surface area contributed by atoms with Crippen molar-refractivity contribution >= 4 is 45.3 Å². The number of carboxylic acid groups (broad SMARTS) is 1. The van der Waals surface area contributed by atoms with E-state index in [1.165, 1.54) is 23.8 Å². The highest BCUT2D eigenvalue weighted by atomic mass is 79.9. The third kappa shape index (κ3) is 2.52. The standard InChI is InChI=1S/C17H14BrN3O2S/c18-17-20-19-15(14(24)16(22)23)21(17)13-8-7-10(9-5-6-9)11-3-1-2-4-12(11)13/h1-4,7-9,14,24H,5-6H2,(H,22,23). The summed E-state index contributed by atoms with van der Waals surface area (Å²) in [5.74, 6) is -0.148. The van der Waals surface area contributed by atoms with E-state index in [1.54, 1.807) is 4.57 Å². The molecule has 7 heteroatoms. The summed E-state index contributed by atoms with van der Waals surface area (Å²) in [4.78, 5) is 11.3. The highest BCUT2D eigenvalue weighted by Gasteiger charge is 2.28. The van der Waals surface area contributed by atoms with Crippen LogP contribution in [0.4, 0.5) is 0 Å². The van der Waals surface area contributed by atoms with Crippen molar-refractivity contribution in [1.82, 2.24) is 14.8 Å². The van der Waals surface area contributed by atoms with E-state index in [0.29, 0.717) is 10.7 Å². The average molecular weight is 404 g/mol. The van der Waals surface area contributed by atoms with Gasteiger partial charge in [-0.1, -0.05) is 30.3 Å². The van der Waals surface area contributed by atoms with Gasteiger partial charge in [0.25, 0.3) is 0 Å². The first-order chi connectivity index (χ1) is 11.6. The van der Waals surface area contributed by atoms with Gasteiger partial charge in [0.1, 0.15) is 0 Å². The molecule has 5 nitrogen and oxygen atoms in total. The Balaban J connectivity index is 1.97. The molecule has 1 aliphatic carbocycles. The summed E-state index contributed by atoms with van der Waals surface area (Å²) in [6, 6.07) is 12.3. The van der Waals surface area contributed by atoms with Crippen LogP contribution in [0.15, 0.2) is 41.1 Å². The fourth-order valence-corrected chi connectivity index (χ4v) is 3.66. The van der Waals surface area contributed by atoms with Crippen molar-refractivity contribution in [1.29, 1.82) is 0 Å². The molecule has 122 valence electrons. The van der Waals surface area contributed by atoms with Crippen molar-refractivity contribution < 1.29 is 9.90 Å². The van der Waals surface area contributed by atoms with Gasteiger partial charge in [0.15, 0.2) is 11.1 Å². The zero-order valence-electron chi connectivity index (χ0n) is 12.6. The normalized spacial score (nSPS) is 15.6. The SMILES string of the molecule is O=C(O)C(S)c1nnc(Br)n1-c1ccc(C2CC2)c2ccccc12. The predicted octanol–water partition coefficient (Wildman–Crippen LogP) is 4.12. The number of benzene rings is 2. The number of hydrogen-bond donors (Lipinski definition) is 2. The lowest BCUT2D eigenvalue weighted by atomic mass is 9.99. The third-order valence-corrected chi connectivity index (χ3v) is 5.28. The Kier molecular flexibility index (Phi) is 3.85. The summed E-state index contributed by atoms with van der Waals surface area (Å²) in [5.41, 5.74) is 2.20. The molecule has 1 fully saturated rings. The minimum absolute atomic E-state index is 0.280. The lowest BCUT2D eigenvalue weighted by Crippen LogP contribution is -2.12. The van der Waals surface area contributed by atoms with E-state index in [2.05, 4.69) is 50.9 Å². The quantitative estimate of drug-likeness (QED) is 0.642. The number of carbonyl (C=O) groups is 1. The van der Waals surface area contributed by atoms with Gasteiger partial charge in [-0.05, 0) is 51.7 Å². The first-order valence-electron chi connectivity index (χ1n) is 7.61. The molecule has 1 unspecified atom stereocenters. The molecule has 1 atom stereocenters. The summed E-state index contributed by atoms with van der Waals surface area (Å²) in [6.07, 6.45) is 2.45. The van der Waals surface area contributed by atoms with Crippen LogP contribution in [0.2, 0.25) is 0 Å². The smallest absolute Gasteiger partial charge is 0.324 e. The van der Waals surface area contributed by atoms with Gasteiger partial charge >= 0.3 is 5.97 Å². The van der Waals surface area contributed by atoms with Crippen molar-refractivity contribution in [2.45, 2.75) is 24.0 Å². The molecule has 2 aromatic carbocycles. The maximum atomic E-state index is 11.3. The van der Waals surface area contributed by atoms with E-state index >= 15 is 0 Å². The largest absolute Gasteiger partial charge is 0.480 e. The first-order valence-corrected chi connectivity index (χ1v) is 8.92. The molecule has 0 spiro atoms. The molecule has 3 aromatic rings. The van der Waals surface area contributed by atoms with E-state index in [9.17, 15) is 9.90 Å². The Morgan fingerprint density at radius 1 is 1.21 bits per heavy atom. The molecule has 1 N–H and O–H groups in total. The topological polar surface area (TPSA) is 68.0 Å². The Labute approximate surface area is 152 Å². The number of carboxylic acids is 1. The second kappa shape index (κ2) is 5.89. The van der Waals surface area contributed by atoms with Crippen molar-refractivity contribution in [3.63, 3.8) is 0 Å². The second-order valence-electron chi connectivity index (χ2n) is 5.90. The van der Waals surface area contributed by atoms with Crippen LogP contribution in [0.5, 0.6) is 0 Å². The molecule has 0 bridgehead atoms. The van der Waals surface area contributed by atoms with Gasteiger partial charge in [-0.2, -0.15) is 12.6 Å². The molecule has 0 radical (unpaired) electrons. The highest BCUT2D eigenvalue weighted by Crippen LogP contribution is 2.44. The van der Waals surface area contributed by atoms with Gasteiger partial charge in [-0.25, -0.2) is 0 Å². The number of fused-ring (bicyclic) bond motifs is 1. The van der Waals surface area contributed by atoms with Gasteiger partial charge in [0, 0.05) is 5.39 Å². The van der Waals surface area contributed by atoms with Crippen LogP contribution in [0, 0.1) is 0 Å². The van der Waals surface area contributed by atoms with E-state index in [-0.39, 0.29) is 5.82 Å². The molecule has 1 saturated carbocycles. The van der Waals surface area contributed by atoms with Crippen molar-refractivity contribution in [3.8, 4) is 5.69 Å². The number of halogens is 1. The lowest BCUT2D eigenvalue weighted by Gasteiger charge is -2.15. The number of aromatic nitrogens is 3. The Bertz CT molecular complexity index is 952. The molecular formula is C17H14BrN3O2S. The van der Waals surface area contributed by atoms with Crippen LogP contribution in [-0.4, -0.2) is 25.8 Å². The van der Waals surface area contributed by atoms with Gasteiger partial charge in [-0.15, -0.1) is 10.2 Å². The third-order valence-electron chi connectivity index (χ3n) is 4.32. The average Bonchev–Trinajstić information content (AvgIpc) is 3.36. The predicted molar refractivity (Wildman–Crippen MR) is 97.9 cm³/mol. The molecule has 1 heterocycles. The summed E-state index contributed by atoms with van der Waals surface area (Å²) in [5, 5.41) is 18.5. The lowest BCUT2D eigenvalue weighted by molar-refractivity contribution is -0.136. The van der Waals surface area contributed by atoms with Gasteiger partial charge < -0.3 is 5.11 Å². The molecule has 0 aliphatic heterocycles. The molecule has 0 amide bonds. The zero-order valence-corrected chi connectivity index (χ0v) is 15.0. The van der Waals surface area contributed by atoms with E-state index in [4.69, 9.17) is 0 Å². The fraction of sp³-hybridized carbons (Fsp3) is 0.235. The maximum Gasteiger partial charge on any atom is 0.324 e. The number of thiol groups is 1. The van der Waals surface area contributed by atoms with Crippen molar-refractivity contribution in [3.05, 3.63) is 52.5 Å². The molecule has 1 aliphatic rings. The number of aliphatic carboxylic acids is 1. The first kappa shape index (κ1) is 15.7. The minimum atomic E-state index is -1.06. The van der Waals surface area contributed by atoms with Crippen LogP contribution < -0.4 is 0 Å². The molecule has 0 saturated heterocycles. The van der Waals surface area contributed by atoms with Crippen LogP contribution in [-0.2, 0) is 4.79 Å². The molecule has 1 aromatic heterocycles. The van der Waals surface area contributed by atoms with E-state index in [1.807, 2.05) is 24.3 Å². The van der Waals surface area contributed by atoms with Crippen LogP contribution in [0.3, 0.4) is 0 Å². The summed E-state index contributed by atoms with van der Waals surface area (Å²) in [6.45, 7) is 0. The van der Waals surface area contributed by atoms with Crippen molar-refractivity contribution in [2.24, 2.45) is 0 Å². The minimum Gasteiger partial charge on any atom is -0.480 e. The van der Waals surface area contributed by atoms with Crippen LogP contribution in [0.25, 0.3) is 16.5 Å². The van der Waals surface area contributed by atoms with E-state index < -0.39 is 11.2 Å². The van der Waals surface area contributed by atoms with Crippen LogP contribution >= 0.6 is 28.6 Å². The summed E-state index contributed by atoms with van der Waals surface area (Å²) >= 11 is 7.54. The number of rotatable bonds is 4. The Morgan fingerprint density at radius 2 is 1.92 bits per heavy atom. The Morgan fingerprint density at radius 3 is 2.58 bits per heavy atom. The second-order valence-corrected chi connectivity index (χ2v) is 7.12.